The summed E-state index contributed by atoms with van der Waals surface area (Å²) < 4.78 is 5.54. The Morgan fingerprint density at radius 2 is 1.43 bits per heavy atom. The maximum absolute atomic E-state index is 12.5. The highest BCUT2D eigenvalue weighted by Gasteiger charge is 2.42. The standard InChI is InChI=1S/C24H32N2O3.C2H2O4/c1-21(27)26(29-19-23-11-7-4-8-12-23)24(20-28-2)14-17-25(18-15-24)16-13-22-9-5-3-6-10-22;3-1(4)2(5)6/h3-12H,13-20H2,1-2H3;(H,3,4)(H,5,6). The first-order valence-corrected chi connectivity index (χ1v) is 11.5. The van der Waals surface area contributed by atoms with E-state index in [0.29, 0.717) is 13.2 Å². The third-order valence-electron chi connectivity index (χ3n) is 5.86. The highest BCUT2D eigenvalue weighted by molar-refractivity contribution is 6.27. The molecule has 0 saturated carbocycles. The highest BCUT2D eigenvalue weighted by Crippen LogP contribution is 2.31. The number of likely N-dealkylation sites (tertiary alicyclic amines) is 1. The number of ether oxygens (including phenoxy) is 1. The van der Waals surface area contributed by atoms with Crippen molar-refractivity contribution in [3.63, 3.8) is 0 Å². The summed E-state index contributed by atoms with van der Waals surface area (Å²) in [5.41, 5.74) is 1.99. The average molecular weight is 487 g/mol. The zero-order valence-electron chi connectivity index (χ0n) is 20.3. The van der Waals surface area contributed by atoms with Gasteiger partial charge in [0.1, 0.15) is 6.61 Å². The van der Waals surface area contributed by atoms with Gasteiger partial charge in [-0.2, -0.15) is 0 Å². The zero-order chi connectivity index (χ0) is 25.7. The number of amides is 1. The van der Waals surface area contributed by atoms with Crippen molar-refractivity contribution in [2.24, 2.45) is 0 Å². The summed E-state index contributed by atoms with van der Waals surface area (Å²) >= 11 is 0. The molecule has 1 aliphatic heterocycles. The molecule has 9 heteroatoms. The number of hydrogen-bond acceptors (Lipinski definition) is 6. The number of nitrogens with zero attached hydrogens (tertiary/aromatic N) is 2. The number of carboxylic acids is 2. The number of aliphatic carboxylic acids is 2. The molecule has 1 heterocycles. The summed E-state index contributed by atoms with van der Waals surface area (Å²) in [7, 11) is 1.69. The molecule has 1 amide bonds. The predicted molar refractivity (Wildman–Crippen MR) is 129 cm³/mol. The number of carboxylic acid groups (broad SMARTS) is 2. The largest absolute Gasteiger partial charge is 0.473 e. The minimum Gasteiger partial charge on any atom is -0.473 e. The summed E-state index contributed by atoms with van der Waals surface area (Å²) in [6, 6.07) is 20.5. The number of carbonyl (C=O) groups excluding carboxylic acids is 1. The second-order valence-electron chi connectivity index (χ2n) is 8.42. The predicted octanol–water partition coefficient (Wildman–Crippen LogP) is 2.85. The molecule has 0 radical (unpaired) electrons. The molecule has 1 fully saturated rings. The minimum absolute atomic E-state index is 0.0734. The minimum atomic E-state index is -1.82. The first-order chi connectivity index (χ1) is 16.8. The van der Waals surface area contributed by atoms with Crippen LogP contribution in [-0.2, 0) is 37.0 Å². The number of rotatable bonds is 9. The third-order valence-corrected chi connectivity index (χ3v) is 5.86. The molecule has 2 aromatic rings. The molecule has 35 heavy (non-hydrogen) atoms. The summed E-state index contributed by atoms with van der Waals surface area (Å²) in [6.45, 7) is 5.31. The Labute approximate surface area is 205 Å². The molecule has 190 valence electrons. The van der Waals surface area contributed by atoms with Gasteiger partial charge in [-0.25, -0.2) is 14.7 Å². The molecule has 0 unspecified atom stereocenters. The fourth-order valence-corrected chi connectivity index (χ4v) is 4.07. The lowest BCUT2D eigenvalue weighted by atomic mass is 9.87. The number of hydroxylamine groups is 2. The summed E-state index contributed by atoms with van der Waals surface area (Å²) in [6.07, 6.45) is 2.72. The quantitative estimate of drug-likeness (QED) is 0.411. The molecule has 0 bridgehead atoms. The molecule has 1 aliphatic rings. The number of benzene rings is 2. The van der Waals surface area contributed by atoms with E-state index in [1.54, 1.807) is 19.1 Å². The van der Waals surface area contributed by atoms with Gasteiger partial charge in [-0.15, -0.1) is 0 Å². The maximum atomic E-state index is 12.5. The second kappa shape index (κ2) is 14.2. The normalized spacial score (nSPS) is 14.9. The van der Waals surface area contributed by atoms with Crippen molar-refractivity contribution in [2.45, 2.75) is 38.3 Å². The van der Waals surface area contributed by atoms with Crippen LogP contribution in [0.15, 0.2) is 60.7 Å². The van der Waals surface area contributed by atoms with Crippen LogP contribution in [0.25, 0.3) is 0 Å². The molecule has 0 aromatic heterocycles. The summed E-state index contributed by atoms with van der Waals surface area (Å²) in [5, 5.41) is 16.4. The topological polar surface area (TPSA) is 117 Å². The molecule has 1 saturated heterocycles. The van der Waals surface area contributed by atoms with Crippen molar-refractivity contribution in [2.75, 3.05) is 33.4 Å². The first kappa shape index (κ1) is 28.0. The Kier molecular flexibility index (Phi) is 11.4. The van der Waals surface area contributed by atoms with Crippen molar-refractivity contribution in [1.82, 2.24) is 9.96 Å². The highest BCUT2D eigenvalue weighted by atomic mass is 16.7. The van der Waals surface area contributed by atoms with Crippen molar-refractivity contribution < 1.29 is 34.2 Å². The molecule has 9 nitrogen and oxygen atoms in total. The molecule has 0 aliphatic carbocycles. The van der Waals surface area contributed by atoms with E-state index >= 15 is 0 Å². The van der Waals surface area contributed by atoms with Gasteiger partial charge in [-0.05, 0) is 30.4 Å². The number of carbonyl (C=O) groups is 3. The van der Waals surface area contributed by atoms with E-state index in [2.05, 4.69) is 35.2 Å². The zero-order valence-corrected chi connectivity index (χ0v) is 20.3. The summed E-state index contributed by atoms with van der Waals surface area (Å²) in [5.74, 6) is -3.72. The fraction of sp³-hybridized carbons (Fsp3) is 0.423. The van der Waals surface area contributed by atoms with E-state index in [4.69, 9.17) is 29.4 Å². The molecular formula is C26H34N2O7. The van der Waals surface area contributed by atoms with E-state index < -0.39 is 17.5 Å². The Morgan fingerprint density at radius 1 is 0.914 bits per heavy atom. The van der Waals surface area contributed by atoms with Crippen molar-refractivity contribution in [3.8, 4) is 0 Å². The van der Waals surface area contributed by atoms with Crippen LogP contribution < -0.4 is 0 Å². The van der Waals surface area contributed by atoms with Gasteiger partial charge in [-0.3, -0.25) is 9.63 Å². The lowest BCUT2D eigenvalue weighted by molar-refractivity contribution is -0.243. The van der Waals surface area contributed by atoms with Gasteiger partial charge in [0.05, 0.1) is 12.1 Å². The monoisotopic (exact) mass is 486 g/mol. The smallest absolute Gasteiger partial charge is 0.414 e. The van der Waals surface area contributed by atoms with Crippen LogP contribution in [0.4, 0.5) is 0 Å². The van der Waals surface area contributed by atoms with Crippen molar-refractivity contribution >= 4 is 17.8 Å². The Balaban J connectivity index is 0.000000641. The van der Waals surface area contributed by atoms with Crippen molar-refractivity contribution in [1.29, 1.82) is 0 Å². The average Bonchev–Trinajstić information content (AvgIpc) is 2.85. The van der Waals surface area contributed by atoms with E-state index in [1.807, 2.05) is 30.3 Å². The van der Waals surface area contributed by atoms with Gasteiger partial charge in [0.15, 0.2) is 0 Å². The van der Waals surface area contributed by atoms with E-state index in [9.17, 15) is 4.79 Å². The Morgan fingerprint density at radius 3 is 1.89 bits per heavy atom. The van der Waals surface area contributed by atoms with Gasteiger partial charge in [0.25, 0.3) is 0 Å². The Bertz CT molecular complexity index is 917. The number of hydrogen-bond donors (Lipinski definition) is 2. The lowest BCUT2D eigenvalue weighted by Crippen LogP contribution is -2.59. The molecule has 0 atom stereocenters. The fourth-order valence-electron chi connectivity index (χ4n) is 4.07. The van der Waals surface area contributed by atoms with Gasteiger partial charge in [0.2, 0.25) is 5.91 Å². The second-order valence-corrected chi connectivity index (χ2v) is 8.42. The lowest BCUT2D eigenvalue weighted by Gasteiger charge is -2.47. The maximum Gasteiger partial charge on any atom is 0.414 e. The first-order valence-electron chi connectivity index (χ1n) is 11.5. The van der Waals surface area contributed by atoms with Gasteiger partial charge >= 0.3 is 11.9 Å². The molecule has 2 N–H and O–H groups in total. The number of methoxy groups -OCH3 is 1. The molecular weight excluding hydrogens is 452 g/mol. The SMILES string of the molecule is COCC1(N(OCc2ccccc2)C(C)=O)CCN(CCc2ccccc2)CC1.O=C(O)C(=O)O. The van der Waals surface area contributed by atoms with Crippen LogP contribution in [0.5, 0.6) is 0 Å². The van der Waals surface area contributed by atoms with E-state index in [0.717, 1.165) is 44.5 Å². The van der Waals surface area contributed by atoms with E-state index in [1.165, 1.54) is 5.56 Å². The number of piperidine rings is 1. The van der Waals surface area contributed by atoms with Crippen LogP contribution >= 0.6 is 0 Å². The van der Waals surface area contributed by atoms with Crippen LogP contribution in [0.2, 0.25) is 0 Å². The molecule has 2 aromatic carbocycles. The van der Waals surface area contributed by atoms with Crippen LogP contribution in [0.3, 0.4) is 0 Å². The van der Waals surface area contributed by atoms with Gasteiger partial charge in [-0.1, -0.05) is 60.7 Å². The van der Waals surface area contributed by atoms with Gasteiger partial charge < -0.3 is 19.8 Å². The summed E-state index contributed by atoms with van der Waals surface area (Å²) in [4.78, 5) is 39.2. The van der Waals surface area contributed by atoms with Gasteiger partial charge in [0, 0.05) is 33.7 Å². The molecule has 0 spiro atoms. The Hall–Kier alpha value is -3.27. The van der Waals surface area contributed by atoms with E-state index in [-0.39, 0.29) is 5.91 Å². The van der Waals surface area contributed by atoms with Crippen LogP contribution in [0.1, 0.15) is 30.9 Å². The van der Waals surface area contributed by atoms with Crippen molar-refractivity contribution in [3.05, 3.63) is 71.8 Å². The van der Waals surface area contributed by atoms with Crippen LogP contribution in [-0.4, -0.2) is 76.9 Å². The molecule has 3 rings (SSSR count). The third kappa shape index (κ3) is 9.12. The van der Waals surface area contributed by atoms with Crippen LogP contribution in [0, 0.1) is 0 Å².